The molecule has 1 atom stereocenters. The van der Waals surface area contributed by atoms with Crippen LogP contribution in [0.25, 0.3) is 6.08 Å². The molecule has 5 nitrogen and oxygen atoms in total. The van der Waals surface area contributed by atoms with E-state index in [0.717, 1.165) is 12.1 Å². The Balaban J connectivity index is 2.06. The van der Waals surface area contributed by atoms with Gasteiger partial charge in [0.25, 0.3) is 0 Å². The smallest absolute Gasteiger partial charge is 0.481 e. The number of halogens is 3. The van der Waals surface area contributed by atoms with Gasteiger partial charge in [0.1, 0.15) is 5.75 Å². The molecule has 2 rings (SSSR count). The molecule has 0 spiro atoms. The standard InChI is InChI=1S/C15H14F3NO4/c16-15(17,18)23-12-4-2-1-3-10(12)5-6-13(20)19-8-7-11(9-19)14(21)22/h1-6,11H,7-9H2,(H,21,22). The van der Waals surface area contributed by atoms with E-state index in [4.69, 9.17) is 5.11 Å². The maximum atomic E-state index is 12.3. The quantitative estimate of drug-likeness (QED) is 0.862. The predicted molar refractivity (Wildman–Crippen MR) is 74.5 cm³/mol. The Morgan fingerprint density at radius 2 is 2.00 bits per heavy atom. The number of hydrogen-bond donors (Lipinski definition) is 1. The summed E-state index contributed by atoms with van der Waals surface area (Å²) in [4.78, 5) is 24.2. The minimum atomic E-state index is -4.82. The van der Waals surface area contributed by atoms with Crippen molar-refractivity contribution in [3.8, 4) is 5.75 Å². The number of alkyl halides is 3. The Kier molecular flexibility index (Phi) is 4.92. The summed E-state index contributed by atoms with van der Waals surface area (Å²) >= 11 is 0. The first-order valence-electron chi connectivity index (χ1n) is 6.81. The van der Waals surface area contributed by atoms with E-state index in [1.54, 1.807) is 0 Å². The third-order valence-electron chi connectivity index (χ3n) is 3.40. The molecule has 1 N–H and O–H groups in total. The average molecular weight is 329 g/mol. The van der Waals surface area contributed by atoms with Gasteiger partial charge in [-0.1, -0.05) is 18.2 Å². The number of benzene rings is 1. The van der Waals surface area contributed by atoms with Crippen molar-refractivity contribution < 1.29 is 32.6 Å². The summed E-state index contributed by atoms with van der Waals surface area (Å²) in [6.45, 7) is 0.403. The third kappa shape index (κ3) is 4.73. The predicted octanol–water partition coefficient (Wildman–Crippen LogP) is 2.53. The number of aliphatic carboxylic acids is 1. The van der Waals surface area contributed by atoms with Gasteiger partial charge in [-0.2, -0.15) is 0 Å². The lowest BCUT2D eigenvalue weighted by atomic mass is 10.1. The summed E-state index contributed by atoms with van der Waals surface area (Å²) < 4.78 is 40.8. The minimum absolute atomic E-state index is 0.0964. The highest BCUT2D eigenvalue weighted by molar-refractivity contribution is 5.92. The molecule has 1 aromatic rings. The highest BCUT2D eigenvalue weighted by atomic mass is 19.4. The highest BCUT2D eigenvalue weighted by Gasteiger charge is 2.32. The van der Waals surface area contributed by atoms with E-state index in [1.807, 2.05) is 0 Å². The molecule has 0 radical (unpaired) electrons. The molecule has 8 heteroatoms. The summed E-state index contributed by atoms with van der Waals surface area (Å²) in [6, 6.07) is 5.44. The third-order valence-corrected chi connectivity index (χ3v) is 3.40. The zero-order valence-corrected chi connectivity index (χ0v) is 11.9. The van der Waals surface area contributed by atoms with E-state index in [1.165, 1.54) is 29.2 Å². The van der Waals surface area contributed by atoms with Gasteiger partial charge in [0, 0.05) is 24.7 Å². The van der Waals surface area contributed by atoms with E-state index >= 15 is 0 Å². The van der Waals surface area contributed by atoms with Gasteiger partial charge in [-0.05, 0) is 18.6 Å². The lowest BCUT2D eigenvalue weighted by molar-refractivity contribution is -0.274. The summed E-state index contributed by atoms with van der Waals surface area (Å²) in [5, 5.41) is 8.89. The number of para-hydroxylation sites is 1. The van der Waals surface area contributed by atoms with Crippen molar-refractivity contribution >= 4 is 18.0 Å². The topological polar surface area (TPSA) is 66.8 Å². The lowest BCUT2D eigenvalue weighted by Crippen LogP contribution is -2.28. The zero-order chi connectivity index (χ0) is 17.0. The molecular formula is C15H14F3NO4. The summed E-state index contributed by atoms with van der Waals surface area (Å²) in [7, 11) is 0. The van der Waals surface area contributed by atoms with E-state index in [9.17, 15) is 22.8 Å². The molecule has 1 aliphatic rings. The molecule has 23 heavy (non-hydrogen) atoms. The van der Waals surface area contributed by atoms with Crippen LogP contribution >= 0.6 is 0 Å². The molecule has 0 aliphatic carbocycles. The van der Waals surface area contributed by atoms with Crippen LogP contribution in [0.5, 0.6) is 5.75 Å². The van der Waals surface area contributed by atoms with Crippen LogP contribution in [0.15, 0.2) is 30.3 Å². The monoisotopic (exact) mass is 329 g/mol. The summed E-state index contributed by atoms with van der Waals surface area (Å²) in [6.07, 6.45) is -2.12. The fourth-order valence-corrected chi connectivity index (χ4v) is 2.26. The number of carbonyl (C=O) groups is 2. The number of ether oxygens (including phenoxy) is 1. The second kappa shape index (κ2) is 6.72. The van der Waals surface area contributed by atoms with Crippen LogP contribution in [0.2, 0.25) is 0 Å². The Labute approximate surface area is 130 Å². The maximum absolute atomic E-state index is 12.3. The Hall–Kier alpha value is -2.51. The normalized spacial score (nSPS) is 18.4. The van der Waals surface area contributed by atoms with Crippen molar-refractivity contribution in [1.82, 2.24) is 4.90 Å². The van der Waals surface area contributed by atoms with E-state index < -0.39 is 29.9 Å². The molecule has 0 saturated carbocycles. The number of carboxylic acids is 1. The molecule has 1 aliphatic heterocycles. The first-order valence-corrected chi connectivity index (χ1v) is 6.81. The lowest BCUT2D eigenvalue weighted by Gasteiger charge is -2.13. The van der Waals surface area contributed by atoms with Crippen molar-refractivity contribution in [1.29, 1.82) is 0 Å². The van der Waals surface area contributed by atoms with Gasteiger partial charge in [0.2, 0.25) is 5.91 Å². The number of hydrogen-bond acceptors (Lipinski definition) is 3. The fraction of sp³-hybridized carbons (Fsp3) is 0.333. The molecule has 0 aromatic heterocycles. The zero-order valence-electron chi connectivity index (χ0n) is 11.9. The first kappa shape index (κ1) is 16.9. The summed E-state index contributed by atoms with van der Waals surface area (Å²) in [5.74, 6) is -2.43. The van der Waals surface area contributed by atoms with Crippen LogP contribution in [0.3, 0.4) is 0 Å². The number of likely N-dealkylation sites (tertiary alicyclic amines) is 1. The highest BCUT2D eigenvalue weighted by Crippen LogP contribution is 2.27. The van der Waals surface area contributed by atoms with Gasteiger partial charge in [0.05, 0.1) is 5.92 Å². The van der Waals surface area contributed by atoms with Crippen molar-refractivity contribution in [3.63, 3.8) is 0 Å². The second-order valence-corrected chi connectivity index (χ2v) is 5.03. The number of amides is 1. The molecule has 1 saturated heterocycles. The largest absolute Gasteiger partial charge is 0.573 e. The second-order valence-electron chi connectivity index (χ2n) is 5.03. The van der Waals surface area contributed by atoms with E-state index in [0.29, 0.717) is 13.0 Å². The minimum Gasteiger partial charge on any atom is -0.481 e. The van der Waals surface area contributed by atoms with Crippen LogP contribution < -0.4 is 4.74 Å². The van der Waals surface area contributed by atoms with Gasteiger partial charge in [0.15, 0.2) is 0 Å². The number of rotatable bonds is 4. The van der Waals surface area contributed by atoms with Crippen LogP contribution in [0, 0.1) is 5.92 Å². The van der Waals surface area contributed by atoms with E-state index in [-0.39, 0.29) is 12.1 Å². The molecule has 1 amide bonds. The fourth-order valence-electron chi connectivity index (χ4n) is 2.26. The molecule has 1 heterocycles. The number of carboxylic acid groups (broad SMARTS) is 1. The van der Waals surface area contributed by atoms with Crippen LogP contribution in [-0.2, 0) is 9.59 Å². The number of nitrogens with zero attached hydrogens (tertiary/aromatic N) is 1. The van der Waals surface area contributed by atoms with Crippen molar-refractivity contribution in [2.45, 2.75) is 12.8 Å². The Morgan fingerprint density at radius 1 is 1.30 bits per heavy atom. The first-order chi connectivity index (χ1) is 10.8. The molecular weight excluding hydrogens is 315 g/mol. The van der Waals surface area contributed by atoms with Crippen LogP contribution in [0.1, 0.15) is 12.0 Å². The van der Waals surface area contributed by atoms with Gasteiger partial charge >= 0.3 is 12.3 Å². The maximum Gasteiger partial charge on any atom is 0.573 e. The molecule has 0 bridgehead atoms. The van der Waals surface area contributed by atoms with Crippen LogP contribution in [-0.4, -0.2) is 41.3 Å². The molecule has 1 fully saturated rings. The molecule has 1 unspecified atom stereocenters. The average Bonchev–Trinajstić information content (AvgIpc) is 2.94. The van der Waals surface area contributed by atoms with Gasteiger partial charge in [-0.25, -0.2) is 0 Å². The Morgan fingerprint density at radius 3 is 2.61 bits per heavy atom. The molecule has 1 aromatic carbocycles. The summed E-state index contributed by atoms with van der Waals surface area (Å²) in [5.41, 5.74) is 0.104. The Bertz CT molecular complexity index is 627. The van der Waals surface area contributed by atoms with Gasteiger partial charge in [-0.3, -0.25) is 9.59 Å². The van der Waals surface area contributed by atoms with Crippen molar-refractivity contribution in [2.75, 3.05) is 13.1 Å². The van der Waals surface area contributed by atoms with Gasteiger partial charge < -0.3 is 14.7 Å². The van der Waals surface area contributed by atoms with Gasteiger partial charge in [-0.15, -0.1) is 13.2 Å². The van der Waals surface area contributed by atoms with E-state index in [2.05, 4.69) is 4.74 Å². The van der Waals surface area contributed by atoms with Crippen molar-refractivity contribution in [2.24, 2.45) is 5.92 Å². The number of carbonyl (C=O) groups excluding carboxylic acids is 1. The van der Waals surface area contributed by atoms with Crippen LogP contribution in [0.4, 0.5) is 13.2 Å². The van der Waals surface area contributed by atoms with Crippen molar-refractivity contribution in [3.05, 3.63) is 35.9 Å². The molecule has 124 valence electrons. The SMILES string of the molecule is O=C(O)C1CCN(C(=O)C=Cc2ccccc2OC(F)(F)F)C1.